The molecule has 7 nitrogen and oxygen atoms in total. The number of carbonyl (C=O) groups is 1. The molecule has 1 N–H and O–H groups in total. The topological polar surface area (TPSA) is 84.9 Å². The summed E-state index contributed by atoms with van der Waals surface area (Å²) in [6, 6.07) is 7.81. The predicted octanol–water partition coefficient (Wildman–Crippen LogP) is 4.84. The Kier molecular flexibility index (Phi) is 8.16. The predicted molar refractivity (Wildman–Crippen MR) is 127 cm³/mol. The molecule has 0 aromatic heterocycles. The maximum absolute atomic E-state index is 13.0. The van der Waals surface area contributed by atoms with Crippen molar-refractivity contribution in [2.45, 2.75) is 18.6 Å². The average molecular weight is 522 g/mol. The molecule has 0 bridgehead atoms. The number of hydrogen-bond donors (Lipinski definition) is 1. The van der Waals surface area contributed by atoms with Crippen LogP contribution in [0.1, 0.15) is 18.4 Å². The van der Waals surface area contributed by atoms with Crippen molar-refractivity contribution in [2.24, 2.45) is 5.92 Å². The molecule has 0 aliphatic carbocycles. The van der Waals surface area contributed by atoms with Crippen molar-refractivity contribution in [3.05, 3.63) is 51.0 Å². The zero-order chi connectivity index (χ0) is 23.5. The molecule has 2 aromatic carbocycles. The minimum Gasteiger partial charge on any atom is -0.495 e. The summed E-state index contributed by atoms with van der Waals surface area (Å²) in [5.74, 6) is -0.334. The van der Waals surface area contributed by atoms with E-state index in [2.05, 4.69) is 5.32 Å². The van der Waals surface area contributed by atoms with Crippen LogP contribution in [0.4, 0.5) is 5.69 Å². The minimum atomic E-state index is -3.68. The minimum absolute atomic E-state index is 0.0758. The number of benzene rings is 2. The number of methoxy groups -OCH3 is 2. The third-order valence-electron chi connectivity index (χ3n) is 5.23. The first-order chi connectivity index (χ1) is 15.1. The number of anilines is 1. The van der Waals surface area contributed by atoms with Gasteiger partial charge in [-0.1, -0.05) is 40.9 Å². The summed E-state index contributed by atoms with van der Waals surface area (Å²) in [5, 5.41) is 3.87. The Morgan fingerprint density at radius 3 is 2.47 bits per heavy atom. The first-order valence-corrected chi connectivity index (χ1v) is 12.5. The van der Waals surface area contributed by atoms with Gasteiger partial charge in [-0.05, 0) is 30.5 Å². The van der Waals surface area contributed by atoms with Crippen molar-refractivity contribution in [3.63, 3.8) is 0 Å². The average Bonchev–Trinajstić information content (AvgIpc) is 2.76. The highest BCUT2D eigenvalue weighted by molar-refractivity contribution is 7.88. The number of ether oxygens (including phenoxy) is 2. The van der Waals surface area contributed by atoms with Crippen molar-refractivity contribution in [1.29, 1.82) is 0 Å². The number of nitrogens with one attached hydrogen (secondary N) is 1. The summed E-state index contributed by atoms with van der Waals surface area (Å²) >= 11 is 18.2. The van der Waals surface area contributed by atoms with E-state index in [1.807, 2.05) is 0 Å². The number of halogens is 3. The van der Waals surface area contributed by atoms with Gasteiger partial charge in [0.15, 0.2) is 0 Å². The van der Waals surface area contributed by atoms with Gasteiger partial charge in [-0.3, -0.25) is 4.79 Å². The van der Waals surface area contributed by atoms with Gasteiger partial charge < -0.3 is 14.8 Å². The number of amides is 1. The van der Waals surface area contributed by atoms with E-state index in [4.69, 9.17) is 44.3 Å². The van der Waals surface area contributed by atoms with Gasteiger partial charge in [-0.15, -0.1) is 0 Å². The Balaban J connectivity index is 1.73. The zero-order valence-electron chi connectivity index (χ0n) is 17.5. The van der Waals surface area contributed by atoms with Gasteiger partial charge in [0.25, 0.3) is 0 Å². The van der Waals surface area contributed by atoms with E-state index in [1.54, 1.807) is 24.3 Å². The number of sulfonamides is 1. The normalized spacial score (nSPS) is 17.1. The van der Waals surface area contributed by atoms with E-state index in [1.165, 1.54) is 24.6 Å². The second-order valence-corrected chi connectivity index (χ2v) is 10.6. The van der Waals surface area contributed by atoms with Gasteiger partial charge in [0.2, 0.25) is 15.9 Å². The molecule has 1 saturated heterocycles. The Labute approximate surface area is 202 Å². The molecule has 1 fully saturated rings. The fourth-order valence-electron chi connectivity index (χ4n) is 3.53. The van der Waals surface area contributed by atoms with Crippen LogP contribution in [0.15, 0.2) is 30.3 Å². The Morgan fingerprint density at radius 2 is 1.81 bits per heavy atom. The number of rotatable bonds is 7. The fourth-order valence-corrected chi connectivity index (χ4v) is 5.96. The molecule has 2 aromatic rings. The van der Waals surface area contributed by atoms with E-state index in [0.29, 0.717) is 52.2 Å². The Bertz CT molecular complexity index is 1110. The van der Waals surface area contributed by atoms with Crippen LogP contribution in [0.5, 0.6) is 11.5 Å². The molecular formula is C21H23Cl3N2O5S. The molecule has 1 aliphatic rings. The molecule has 1 amide bonds. The van der Waals surface area contributed by atoms with Crippen molar-refractivity contribution in [3.8, 4) is 11.5 Å². The highest BCUT2D eigenvalue weighted by Gasteiger charge is 2.33. The third-order valence-corrected chi connectivity index (χ3v) is 7.91. The summed E-state index contributed by atoms with van der Waals surface area (Å²) in [6.07, 6.45) is 1.12. The van der Waals surface area contributed by atoms with Gasteiger partial charge in [0, 0.05) is 35.3 Å². The summed E-state index contributed by atoms with van der Waals surface area (Å²) in [5.41, 5.74) is 0.854. The fraction of sp³-hybridized carbons (Fsp3) is 0.381. The van der Waals surface area contributed by atoms with Crippen molar-refractivity contribution < 1.29 is 22.7 Å². The lowest BCUT2D eigenvalue weighted by Crippen LogP contribution is -2.44. The molecule has 174 valence electrons. The highest BCUT2D eigenvalue weighted by Crippen LogP contribution is 2.36. The standard InChI is InChI=1S/C21H23Cl3N2O5S/c1-30-19-10-18(20(31-2)9-17(19)24)25-21(27)13-4-3-7-26(11-13)32(28,29)12-14-5-6-15(22)8-16(14)23/h5-6,8-10,13H,3-4,7,11-12H2,1-2H3,(H,25,27). The van der Waals surface area contributed by atoms with Crippen LogP contribution in [0.2, 0.25) is 15.1 Å². The van der Waals surface area contributed by atoms with Crippen LogP contribution in [0.25, 0.3) is 0 Å². The van der Waals surface area contributed by atoms with Gasteiger partial charge in [-0.25, -0.2) is 12.7 Å². The highest BCUT2D eigenvalue weighted by atomic mass is 35.5. The van der Waals surface area contributed by atoms with E-state index >= 15 is 0 Å². The van der Waals surface area contributed by atoms with Gasteiger partial charge in [0.1, 0.15) is 11.5 Å². The smallest absolute Gasteiger partial charge is 0.228 e. The Morgan fingerprint density at radius 1 is 1.09 bits per heavy atom. The second-order valence-electron chi connectivity index (χ2n) is 7.37. The molecule has 1 aliphatic heterocycles. The molecule has 0 radical (unpaired) electrons. The first kappa shape index (κ1) is 24.9. The van der Waals surface area contributed by atoms with Gasteiger partial charge in [0.05, 0.1) is 36.6 Å². The number of nitrogens with zero attached hydrogens (tertiary/aromatic N) is 1. The summed E-state index contributed by atoms with van der Waals surface area (Å²) in [6.45, 7) is 0.418. The molecular weight excluding hydrogens is 499 g/mol. The lowest BCUT2D eigenvalue weighted by Gasteiger charge is -2.31. The summed E-state index contributed by atoms with van der Waals surface area (Å²) < 4.78 is 37.8. The van der Waals surface area contributed by atoms with Crippen LogP contribution >= 0.6 is 34.8 Å². The molecule has 1 unspecified atom stereocenters. The molecule has 32 heavy (non-hydrogen) atoms. The summed E-state index contributed by atoms with van der Waals surface area (Å²) in [7, 11) is -0.745. The monoisotopic (exact) mass is 520 g/mol. The van der Waals surface area contributed by atoms with Crippen LogP contribution in [-0.4, -0.2) is 45.9 Å². The van der Waals surface area contributed by atoms with Crippen molar-refractivity contribution in [2.75, 3.05) is 32.6 Å². The van der Waals surface area contributed by atoms with Crippen LogP contribution in [0.3, 0.4) is 0 Å². The van der Waals surface area contributed by atoms with Gasteiger partial charge in [-0.2, -0.15) is 0 Å². The van der Waals surface area contributed by atoms with E-state index in [-0.39, 0.29) is 23.2 Å². The molecule has 0 spiro atoms. The second kappa shape index (κ2) is 10.5. The largest absolute Gasteiger partial charge is 0.495 e. The molecule has 1 heterocycles. The van der Waals surface area contributed by atoms with Crippen LogP contribution < -0.4 is 14.8 Å². The Hall–Kier alpha value is -1.71. The summed E-state index contributed by atoms with van der Waals surface area (Å²) in [4.78, 5) is 12.9. The SMILES string of the molecule is COc1cc(NC(=O)C2CCCN(S(=O)(=O)Cc3ccc(Cl)cc3Cl)C2)c(OC)cc1Cl. The molecule has 0 saturated carbocycles. The lowest BCUT2D eigenvalue weighted by molar-refractivity contribution is -0.120. The quantitative estimate of drug-likeness (QED) is 0.563. The maximum atomic E-state index is 13.0. The third kappa shape index (κ3) is 5.80. The van der Waals surface area contributed by atoms with Gasteiger partial charge >= 0.3 is 0 Å². The first-order valence-electron chi connectivity index (χ1n) is 9.78. The number of piperidine rings is 1. The van der Waals surface area contributed by atoms with Crippen LogP contribution in [0, 0.1) is 5.92 Å². The van der Waals surface area contributed by atoms with Crippen molar-refractivity contribution >= 4 is 56.4 Å². The number of carbonyl (C=O) groups excluding carboxylic acids is 1. The molecule has 3 rings (SSSR count). The van der Waals surface area contributed by atoms with Crippen molar-refractivity contribution in [1.82, 2.24) is 4.31 Å². The number of hydrogen-bond acceptors (Lipinski definition) is 5. The maximum Gasteiger partial charge on any atom is 0.228 e. The zero-order valence-corrected chi connectivity index (χ0v) is 20.6. The molecule has 1 atom stereocenters. The lowest BCUT2D eigenvalue weighted by atomic mass is 9.98. The van der Waals surface area contributed by atoms with E-state index in [9.17, 15) is 13.2 Å². The molecule has 11 heteroatoms. The van der Waals surface area contributed by atoms with Crippen LogP contribution in [-0.2, 0) is 20.6 Å². The van der Waals surface area contributed by atoms with E-state index < -0.39 is 15.9 Å². The van der Waals surface area contributed by atoms with E-state index in [0.717, 1.165) is 0 Å².